The van der Waals surface area contributed by atoms with Gasteiger partial charge in [0.05, 0.1) is 0 Å². The van der Waals surface area contributed by atoms with E-state index in [2.05, 4.69) is 30.8 Å². The minimum Gasteiger partial charge on any atom is -0.316 e. The fourth-order valence-electron chi connectivity index (χ4n) is 1.42. The zero-order valence-corrected chi connectivity index (χ0v) is 13.0. The molecule has 104 valence electrons. The van der Waals surface area contributed by atoms with E-state index >= 15 is 0 Å². The van der Waals surface area contributed by atoms with Gasteiger partial charge in [0, 0.05) is 13.1 Å². The standard InChI is InChI=1S/C12H22N2O2S2/c1-12(2,3)5-6-14-18(15,16)11-7-10(8-13-4)9-17-11/h7,9,13-14H,5-6,8H2,1-4H3. The lowest BCUT2D eigenvalue weighted by Gasteiger charge is -2.17. The first kappa shape index (κ1) is 15.6. The van der Waals surface area contributed by atoms with Gasteiger partial charge in [0.1, 0.15) is 4.21 Å². The predicted molar refractivity (Wildman–Crippen MR) is 76.3 cm³/mol. The molecule has 0 aliphatic heterocycles. The molecule has 0 aliphatic rings. The van der Waals surface area contributed by atoms with Crippen molar-refractivity contribution in [3.63, 3.8) is 0 Å². The smallest absolute Gasteiger partial charge is 0.250 e. The molecule has 0 bridgehead atoms. The lowest BCUT2D eigenvalue weighted by atomic mass is 9.93. The predicted octanol–water partition coefficient (Wildman–Crippen LogP) is 2.18. The van der Waals surface area contributed by atoms with E-state index in [0.717, 1.165) is 12.0 Å². The number of thiophene rings is 1. The highest BCUT2D eigenvalue weighted by Crippen LogP contribution is 2.21. The van der Waals surface area contributed by atoms with Crippen LogP contribution in [0.4, 0.5) is 0 Å². The minimum atomic E-state index is -3.34. The summed E-state index contributed by atoms with van der Waals surface area (Å²) in [4.78, 5) is 0. The van der Waals surface area contributed by atoms with E-state index in [1.165, 1.54) is 11.3 Å². The van der Waals surface area contributed by atoms with Crippen LogP contribution in [-0.4, -0.2) is 22.0 Å². The number of rotatable bonds is 6. The Kier molecular flexibility index (Phi) is 5.33. The fourth-order valence-corrected chi connectivity index (χ4v) is 3.71. The van der Waals surface area contributed by atoms with E-state index < -0.39 is 10.0 Å². The minimum absolute atomic E-state index is 0.134. The zero-order valence-electron chi connectivity index (χ0n) is 11.4. The highest BCUT2D eigenvalue weighted by atomic mass is 32.2. The normalized spacial score (nSPS) is 12.9. The summed E-state index contributed by atoms with van der Waals surface area (Å²) in [5.74, 6) is 0. The molecule has 0 aliphatic carbocycles. The molecule has 0 saturated heterocycles. The van der Waals surface area contributed by atoms with Gasteiger partial charge in [-0.1, -0.05) is 20.8 Å². The second-order valence-corrected chi connectivity index (χ2v) is 8.42. The third-order valence-corrected chi connectivity index (χ3v) is 5.39. The molecular formula is C12H22N2O2S2. The van der Waals surface area contributed by atoms with Crippen LogP contribution in [-0.2, 0) is 16.6 Å². The van der Waals surface area contributed by atoms with Gasteiger partial charge in [-0.25, -0.2) is 13.1 Å². The Labute approximate surface area is 114 Å². The quantitative estimate of drug-likeness (QED) is 0.844. The Balaban J connectivity index is 2.62. The van der Waals surface area contributed by atoms with Crippen molar-refractivity contribution in [2.45, 2.75) is 37.9 Å². The summed E-state index contributed by atoms with van der Waals surface area (Å²) < 4.78 is 27.1. The first-order chi connectivity index (χ1) is 8.24. The molecule has 0 saturated carbocycles. The van der Waals surface area contributed by atoms with Gasteiger partial charge in [-0.3, -0.25) is 0 Å². The molecule has 2 N–H and O–H groups in total. The number of sulfonamides is 1. The summed E-state index contributed by atoms with van der Waals surface area (Å²) >= 11 is 1.26. The molecule has 1 rings (SSSR count). The second kappa shape index (κ2) is 6.14. The van der Waals surface area contributed by atoms with Gasteiger partial charge in [0.2, 0.25) is 10.0 Å². The molecular weight excluding hydrogens is 268 g/mol. The largest absolute Gasteiger partial charge is 0.316 e. The van der Waals surface area contributed by atoms with E-state index in [4.69, 9.17) is 0 Å². The van der Waals surface area contributed by atoms with E-state index in [1.807, 2.05) is 12.4 Å². The average Bonchev–Trinajstić information content (AvgIpc) is 2.65. The summed E-state index contributed by atoms with van der Waals surface area (Å²) in [5.41, 5.74) is 1.13. The molecule has 0 fully saturated rings. The monoisotopic (exact) mass is 290 g/mol. The summed E-state index contributed by atoms with van der Waals surface area (Å²) in [7, 11) is -1.50. The zero-order chi connectivity index (χ0) is 13.8. The Bertz CT molecular complexity index is 473. The summed E-state index contributed by atoms with van der Waals surface area (Å²) in [6.45, 7) is 7.45. The molecule has 1 heterocycles. The maximum atomic E-state index is 12.0. The Morgan fingerprint density at radius 1 is 1.33 bits per heavy atom. The molecule has 0 aromatic carbocycles. The number of nitrogens with one attached hydrogen (secondary N) is 2. The molecule has 4 nitrogen and oxygen atoms in total. The maximum Gasteiger partial charge on any atom is 0.250 e. The van der Waals surface area contributed by atoms with Gasteiger partial charge in [0.25, 0.3) is 0 Å². The molecule has 0 unspecified atom stereocenters. The third kappa shape index (κ3) is 5.06. The van der Waals surface area contributed by atoms with E-state index in [1.54, 1.807) is 6.07 Å². The van der Waals surface area contributed by atoms with Crippen LogP contribution < -0.4 is 10.0 Å². The van der Waals surface area contributed by atoms with E-state index in [-0.39, 0.29) is 5.41 Å². The average molecular weight is 290 g/mol. The first-order valence-corrected chi connectivity index (χ1v) is 8.32. The van der Waals surface area contributed by atoms with Gasteiger partial charge in [-0.15, -0.1) is 11.3 Å². The van der Waals surface area contributed by atoms with Crippen molar-refractivity contribution in [2.24, 2.45) is 5.41 Å². The molecule has 6 heteroatoms. The third-order valence-electron chi connectivity index (χ3n) is 2.44. The van der Waals surface area contributed by atoms with Crippen molar-refractivity contribution in [2.75, 3.05) is 13.6 Å². The molecule has 0 spiro atoms. The maximum absolute atomic E-state index is 12.0. The fraction of sp³-hybridized carbons (Fsp3) is 0.667. The van der Waals surface area contributed by atoms with Crippen LogP contribution >= 0.6 is 11.3 Å². The van der Waals surface area contributed by atoms with Crippen molar-refractivity contribution in [3.05, 3.63) is 17.0 Å². The van der Waals surface area contributed by atoms with Gasteiger partial charge in [0.15, 0.2) is 0 Å². The Morgan fingerprint density at radius 3 is 2.56 bits per heavy atom. The van der Waals surface area contributed by atoms with E-state index in [0.29, 0.717) is 17.3 Å². The Morgan fingerprint density at radius 2 is 2.00 bits per heavy atom. The van der Waals surface area contributed by atoms with Crippen molar-refractivity contribution in [1.82, 2.24) is 10.0 Å². The van der Waals surface area contributed by atoms with Crippen LogP contribution in [0.25, 0.3) is 0 Å². The second-order valence-electron chi connectivity index (χ2n) is 5.51. The Hall–Kier alpha value is -0.430. The first-order valence-electron chi connectivity index (χ1n) is 5.96. The summed E-state index contributed by atoms with van der Waals surface area (Å²) in [6.07, 6.45) is 0.820. The van der Waals surface area contributed by atoms with Gasteiger partial charge in [-0.2, -0.15) is 0 Å². The van der Waals surface area contributed by atoms with Crippen molar-refractivity contribution >= 4 is 21.4 Å². The van der Waals surface area contributed by atoms with Crippen LogP contribution in [0.15, 0.2) is 15.7 Å². The number of hydrogen-bond donors (Lipinski definition) is 2. The lowest BCUT2D eigenvalue weighted by molar-refractivity contribution is 0.378. The van der Waals surface area contributed by atoms with Crippen LogP contribution in [0.5, 0.6) is 0 Å². The summed E-state index contributed by atoms with van der Waals surface area (Å²) in [5, 5.41) is 4.87. The highest BCUT2D eigenvalue weighted by molar-refractivity contribution is 7.91. The molecule has 1 aromatic rings. The van der Waals surface area contributed by atoms with Gasteiger partial charge >= 0.3 is 0 Å². The van der Waals surface area contributed by atoms with Crippen LogP contribution in [0.2, 0.25) is 0 Å². The van der Waals surface area contributed by atoms with Gasteiger partial charge < -0.3 is 5.32 Å². The molecule has 18 heavy (non-hydrogen) atoms. The van der Waals surface area contributed by atoms with Crippen LogP contribution in [0.3, 0.4) is 0 Å². The highest BCUT2D eigenvalue weighted by Gasteiger charge is 2.18. The molecule has 0 atom stereocenters. The molecule has 0 radical (unpaired) electrons. The van der Waals surface area contributed by atoms with Crippen molar-refractivity contribution in [3.8, 4) is 0 Å². The summed E-state index contributed by atoms with van der Waals surface area (Å²) in [6, 6.07) is 1.72. The lowest BCUT2D eigenvalue weighted by Crippen LogP contribution is -2.26. The molecule has 0 amide bonds. The van der Waals surface area contributed by atoms with E-state index in [9.17, 15) is 8.42 Å². The SMILES string of the molecule is CNCc1csc(S(=O)(=O)NCCC(C)(C)C)c1. The van der Waals surface area contributed by atoms with Crippen LogP contribution in [0, 0.1) is 5.41 Å². The van der Waals surface area contributed by atoms with Gasteiger partial charge in [-0.05, 0) is 35.9 Å². The van der Waals surface area contributed by atoms with Crippen molar-refractivity contribution in [1.29, 1.82) is 0 Å². The topological polar surface area (TPSA) is 58.2 Å². The molecule has 1 aromatic heterocycles. The number of hydrogen-bond acceptors (Lipinski definition) is 4. The van der Waals surface area contributed by atoms with Crippen molar-refractivity contribution < 1.29 is 8.42 Å². The van der Waals surface area contributed by atoms with Crippen LogP contribution in [0.1, 0.15) is 32.8 Å².